The second kappa shape index (κ2) is 11.4. The van der Waals surface area contributed by atoms with Crippen LogP contribution in [0, 0.1) is 0 Å². The van der Waals surface area contributed by atoms with Crippen molar-refractivity contribution in [2.45, 2.75) is 13.1 Å². The van der Waals surface area contributed by atoms with E-state index in [2.05, 4.69) is 20.7 Å². The van der Waals surface area contributed by atoms with Crippen molar-refractivity contribution in [1.29, 1.82) is 0 Å². The number of likely N-dealkylation sites (N-methyl/N-ethyl adjacent to an activating group) is 1. The average molecular weight is 486 g/mol. The Hall–Kier alpha value is -2.30. The summed E-state index contributed by atoms with van der Waals surface area (Å²) in [7, 11) is 7.04. The van der Waals surface area contributed by atoms with Crippen LogP contribution in [0.25, 0.3) is 0 Å². The molecule has 0 aliphatic rings. The molecular weight excluding hydrogens is 459 g/mol. The normalized spacial score (nSPS) is 10.7. The van der Waals surface area contributed by atoms with Gasteiger partial charge in [-0.15, -0.1) is 24.0 Å². The van der Waals surface area contributed by atoms with Crippen molar-refractivity contribution < 1.29 is 9.53 Å². The molecule has 0 spiro atoms. The molecule has 0 saturated carbocycles. The topological polar surface area (TPSA) is 83.8 Å². The maximum absolute atomic E-state index is 11.6. The van der Waals surface area contributed by atoms with E-state index in [0.717, 1.165) is 11.3 Å². The van der Waals surface area contributed by atoms with Crippen molar-refractivity contribution in [3.63, 3.8) is 0 Å². The Balaban J connectivity index is 0.00000364. The summed E-state index contributed by atoms with van der Waals surface area (Å²) < 4.78 is 7.35. The van der Waals surface area contributed by atoms with Crippen molar-refractivity contribution in [2.24, 2.45) is 12.0 Å². The first-order valence-corrected chi connectivity index (χ1v) is 8.33. The van der Waals surface area contributed by atoms with Crippen molar-refractivity contribution in [3.05, 3.63) is 47.8 Å². The van der Waals surface area contributed by atoms with E-state index in [-0.39, 0.29) is 36.5 Å². The molecule has 1 aromatic carbocycles. The van der Waals surface area contributed by atoms with Gasteiger partial charge in [0.1, 0.15) is 5.75 Å². The number of hydrogen-bond acceptors (Lipinski definition) is 4. The fourth-order valence-electron chi connectivity index (χ4n) is 2.17. The quantitative estimate of drug-likeness (QED) is 0.351. The smallest absolute Gasteiger partial charge is 0.259 e. The van der Waals surface area contributed by atoms with Gasteiger partial charge < -0.3 is 20.3 Å². The molecule has 9 heteroatoms. The SMILES string of the molecule is CN=C(NCc1cccc(OCC(=O)N(C)C)c1)NCc1ccnn1C.I. The highest BCUT2D eigenvalue weighted by Crippen LogP contribution is 2.13. The summed E-state index contributed by atoms with van der Waals surface area (Å²) in [5, 5.41) is 10.6. The van der Waals surface area contributed by atoms with Crippen molar-refractivity contribution >= 4 is 35.8 Å². The Morgan fingerprint density at radius 2 is 2.00 bits per heavy atom. The number of aryl methyl sites for hydroxylation is 1. The molecule has 1 amide bonds. The monoisotopic (exact) mass is 486 g/mol. The van der Waals surface area contributed by atoms with Crippen LogP contribution in [0.3, 0.4) is 0 Å². The van der Waals surface area contributed by atoms with E-state index in [9.17, 15) is 4.79 Å². The molecule has 2 N–H and O–H groups in total. The number of ether oxygens (including phenoxy) is 1. The maximum atomic E-state index is 11.6. The van der Waals surface area contributed by atoms with Crippen molar-refractivity contribution in [1.82, 2.24) is 25.3 Å². The standard InChI is InChI=1S/C18H26N6O2.HI/c1-19-18(21-12-15-8-9-22-24(15)4)20-11-14-6-5-7-16(10-14)26-13-17(25)23(2)3;/h5-10H,11-13H2,1-4H3,(H2,19,20,21);1H. The van der Waals surface area contributed by atoms with E-state index in [1.54, 1.807) is 27.3 Å². The van der Waals surface area contributed by atoms with Gasteiger partial charge in [0.25, 0.3) is 5.91 Å². The lowest BCUT2D eigenvalue weighted by Gasteiger charge is -2.14. The summed E-state index contributed by atoms with van der Waals surface area (Å²) in [5.74, 6) is 1.28. The highest BCUT2D eigenvalue weighted by molar-refractivity contribution is 14.0. The number of nitrogens with one attached hydrogen (secondary N) is 2. The largest absolute Gasteiger partial charge is 0.484 e. The van der Waals surface area contributed by atoms with Gasteiger partial charge >= 0.3 is 0 Å². The van der Waals surface area contributed by atoms with Gasteiger partial charge in [0.05, 0.1) is 12.2 Å². The van der Waals surface area contributed by atoms with Crippen LogP contribution in [0.15, 0.2) is 41.5 Å². The fourth-order valence-corrected chi connectivity index (χ4v) is 2.17. The Morgan fingerprint density at radius 3 is 2.63 bits per heavy atom. The number of carbonyl (C=O) groups excluding carboxylic acids is 1. The van der Waals surface area contributed by atoms with Gasteiger partial charge in [0, 0.05) is 40.9 Å². The third kappa shape index (κ3) is 7.45. The number of carbonyl (C=O) groups is 1. The molecule has 0 unspecified atom stereocenters. The lowest BCUT2D eigenvalue weighted by atomic mass is 10.2. The predicted molar refractivity (Wildman–Crippen MR) is 116 cm³/mol. The molecule has 2 rings (SSSR count). The zero-order valence-electron chi connectivity index (χ0n) is 16.1. The van der Waals surface area contributed by atoms with E-state index in [0.29, 0.717) is 24.8 Å². The molecule has 0 saturated heterocycles. The molecular formula is C18H27IN6O2. The lowest BCUT2D eigenvalue weighted by molar-refractivity contribution is -0.130. The van der Waals surface area contributed by atoms with E-state index >= 15 is 0 Å². The van der Waals surface area contributed by atoms with Crippen LogP contribution < -0.4 is 15.4 Å². The van der Waals surface area contributed by atoms with Gasteiger partial charge in [0.15, 0.2) is 12.6 Å². The summed E-state index contributed by atoms with van der Waals surface area (Å²) in [4.78, 5) is 17.3. The molecule has 1 aromatic heterocycles. The minimum atomic E-state index is -0.0757. The number of rotatable bonds is 7. The zero-order chi connectivity index (χ0) is 18.9. The Morgan fingerprint density at radius 1 is 1.26 bits per heavy atom. The first kappa shape index (κ1) is 22.7. The third-order valence-electron chi connectivity index (χ3n) is 3.80. The summed E-state index contributed by atoms with van der Waals surface area (Å²) in [5.41, 5.74) is 2.09. The average Bonchev–Trinajstić information content (AvgIpc) is 3.05. The van der Waals surface area contributed by atoms with Gasteiger partial charge in [0.2, 0.25) is 0 Å². The van der Waals surface area contributed by atoms with Crippen molar-refractivity contribution in [2.75, 3.05) is 27.7 Å². The molecule has 0 bridgehead atoms. The van der Waals surface area contributed by atoms with E-state index in [4.69, 9.17) is 4.74 Å². The summed E-state index contributed by atoms with van der Waals surface area (Å²) >= 11 is 0. The van der Waals surface area contributed by atoms with Crippen LogP contribution in [0.4, 0.5) is 0 Å². The van der Waals surface area contributed by atoms with Crippen LogP contribution in [-0.4, -0.2) is 54.3 Å². The van der Waals surface area contributed by atoms with Gasteiger partial charge in [-0.1, -0.05) is 12.1 Å². The van der Waals surface area contributed by atoms with Crippen LogP contribution in [0.1, 0.15) is 11.3 Å². The summed E-state index contributed by atoms with van der Waals surface area (Å²) in [6, 6.07) is 9.59. The fraction of sp³-hybridized carbons (Fsp3) is 0.389. The summed E-state index contributed by atoms with van der Waals surface area (Å²) in [6.45, 7) is 1.24. The highest BCUT2D eigenvalue weighted by atomic mass is 127. The first-order valence-electron chi connectivity index (χ1n) is 8.33. The Bertz CT molecular complexity index is 760. The molecule has 2 aromatic rings. The van der Waals surface area contributed by atoms with Gasteiger partial charge in [-0.25, -0.2) is 0 Å². The third-order valence-corrected chi connectivity index (χ3v) is 3.80. The van der Waals surface area contributed by atoms with Crippen LogP contribution >= 0.6 is 24.0 Å². The lowest BCUT2D eigenvalue weighted by Crippen LogP contribution is -2.36. The van der Waals surface area contributed by atoms with E-state index in [1.807, 2.05) is 42.1 Å². The number of halogens is 1. The van der Waals surface area contributed by atoms with Gasteiger partial charge in [-0.3, -0.25) is 14.5 Å². The molecule has 0 fully saturated rings. The number of guanidine groups is 1. The molecule has 8 nitrogen and oxygen atoms in total. The minimum absolute atomic E-state index is 0. The van der Waals surface area contributed by atoms with Gasteiger partial charge in [-0.2, -0.15) is 5.10 Å². The number of hydrogen-bond donors (Lipinski definition) is 2. The first-order chi connectivity index (χ1) is 12.5. The second-order valence-corrected chi connectivity index (χ2v) is 5.95. The van der Waals surface area contributed by atoms with Crippen LogP contribution in [0.2, 0.25) is 0 Å². The molecule has 0 atom stereocenters. The Kier molecular flexibility index (Phi) is 9.62. The minimum Gasteiger partial charge on any atom is -0.484 e. The molecule has 0 radical (unpaired) electrons. The Labute approximate surface area is 177 Å². The number of benzene rings is 1. The number of aromatic nitrogens is 2. The number of amides is 1. The maximum Gasteiger partial charge on any atom is 0.259 e. The van der Waals surface area contributed by atoms with E-state index < -0.39 is 0 Å². The number of nitrogens with zero attached hydrogens (tertiary/aromatic N) is 4. The zero-order valence-corrected chi connectivity index (χ0v) is 18.4. The van der Waals surface area contributed by atoms with Crippen LogP contribution in [0.5, 0.6) is 5.75 Å². The highest BCUT2D eigenvalue weighted by Gasteiger charge is 2.06. The van der Waals surface area contributed by atoms with Crippen LogP contribution in [-0.2, 0) is 24.9 Å². The van der Waals surface area contributed by atoms with E-state index in [1.165, 1.54) is 4.90 Å². The molecule has 27 heavy (non-hydrogen) atoms. The summed E-state index contributed by atoms with van der Waals surface area (Å²) in [6.07, 6.45) is 1.76. The molecule has 0 aliphatic carbocycles. The number of aliphatic imine (C=N–C) groups is 1. The molecule has 1 heterocycles. The van der Waals surface area contributed by atoms with Crippen molar-refractivity contribution in [3.8, 4) is 5.75 Å². The predicted octanol–water partition coefficient (Wildman–Crippen LogP) is 1.37. The molecule has 148 valence electrons. The second-order valence-electron chi connectivity index (χ2n) is 5.95. The van der Waals surface area contributed by atoms with Gasteiger partial charge in [-0.05, 0) is 23.8 Å². The molecule has 0 aliphatic heterocycles.